The standard InChI is InChI=1S/C18H27ClN2O2S/c19-18-10-4-1-6-16(18)7-5-11-20-12-14-21(15-13-20)24(22,23)17-8-2-3-9-17/h1,4,6,10,17H,2-3,5,7-9,11-15H2. The van der Waals surface area contributed by atoms with E-state index < -0.39 is 10.0 Å². The Hall–Kier alpha value is -0.620. The van der Waals surface area contributed by atoms with E-state index in [0.29, 0.717) is 13.1 Å². The molecule has 0 radical (unpaired) electrons. The fourth-order valence-corrected chi connectivity index (χ4v) is 6.05. The van der Waals surface area contributed by atoms with Gasteiger partial charge in [-0.15, -0.1) is 0 Å². The largest absolute Gasteiger partial charge is 0.301 e. The lowest BCUT2D eigenvalue weighted by atomic mass is 10.1. The third-order valence-electron chi connectivity index (χ3n) is 5.29. The number of rotatable bonds is 6. The molecule has 134 valence electrons. The zero-order valence-corrected chi connectivity index (χ0v) is 15.7. The number of nitrogens with zero attached hydrogens (tertiary/aromatic N) is 2. The molecule has 1 aliphatic heterocycles. The Morgan fingerprint density at radius 1 is 1.04 bits per heavy atom. The van der Waals surface area contributed by atoms with Crippen molar-refractivity contribution in [3.05, 3.63) is 34.9 Å². The average molecular weight is 371 g/mol. The van der Waals surface area contributed by atoms with Crippen molar-refractivity contribution in [1.82, 2.24) is 9.21 Å². The minimum atomic E-state index is -3.07. The van der Waals surface area contributed by atoms with Gasteiger partial charge in [-0.3, -0.25) is 0 Å². The van der Waals surface area contributed by atoms with E-state index in [4.69, 9.17) is 11.6 Å². The number of halogens is 1. The topological polar surface area (TPSA) is 40.6 Å². The van der Waals surface area contributed by atoms with Gasteiger partial charge in [-0.2, -0.15) is 4.31 Å². The van der Waals surface area contributed by atoms with Crippen LogP contribution in [-0.2, 0) is 16.4 Å². The maximum Gasteiger partial charge on any atom is 0.217 e. The highest BCUT2D eigenvalue weighted by Gasteiger charge is 2.35. The van der Waals surface area contributed by atoms with E-state index in [2.05, 4.69) is 11.0 Å². The fourth-order valence-electron chi connectivity index (χ4n) is 3.80. The van der Waals surface area contributed by atoms with Gasteiger partial charge in [-0.1, -0.05) is 42.6 Å². The Labute approximate surface area is 150 Å². The molecule has 1 saturated heterocycles. The summed E-state index contributed by atoms with van der Waals surface area (Å²) in [6.45, 7) is 3.97. The van der Waals surface area contributed by atoms with Gasteiger partial charge in [0.25, 0.3) is 0 Å². The van der Waals surface area contributed by atoms with Crippen molar-refractivity contribution in [1.29, 1.82) is 0 Å². The van der Waals surface area contributed by atoms with E-state index in [1.807, 2.05) is 18.2 Å². The first kappa shape index (κ1) is 18.2. The van der Waals surface area contributed by atoms with Crippen LogP contribution in [0.25, 0.3) is 0 Å². The molecule has 0 bridgehead atoms. The molecule has 1 saturated carbocycles. The number of hydrogen-bond donors (Lipinski definition) is 0. The fraction of sp³-hybridized carbons (Fsp3) is 0.667. The molecule has 2 aliphatic rings. The molecule has 0 unspecified atom stereocenters. The lowest BCUT2D eigenvalue weighted by molar-refractivity contribution is 0.186. The molecule has 0 atom stereocenters. The summed E-state index contributed by atoms with van der Waals surface area (Å²) in [5.41, 5.74) is 1.20. The first-order valence-electron chi connectivity index (χ1n) is 9.02. The molecule has 2 fully saturated rings. The molecular weight excluding hydrogens is 344 g/mol. The van der Waals surface area contributed by atoms with Crippen molar-refractivity contribution in [3.63, 3.8) is 0 Å². The van der Waals surface area contributed by atoms with Crippen LogP contribution < -0.4 is 0 Å². The van der Waals surface area contributed by atoms with Crippen LogP contribution in [0.3, 0.4) is 0 Å². The van der Waals surface area contributed by atoms with Gasteiger partial charge in [0.1, 0.15) is 0 Å². The molecule has 24 heavy (non-hydrogen) atoms. The van der Waals surface area contributed by atoms with Crippen molar-refractivity contribution in [2.75, 3.05) is 32.7 Å². The number of sulfonamides is 1. The summed E-state index contributed by atoms with van der Waals surface area (Å²) in [4.78, 5) is 2.37. The third kappa shape index (κ3) is 4.31. The molecule has 6 heteroatoms. The maximum absolute atomic E-state index is 12.6. The summed E-state index contributed by atoms with van der Waals surface area (Å²) in [5, 5.41) is 0.717. The zero-order chi connectivity index (χ0) is 17.0. The lowest BCUT2D eigenvalue weighted by Crippen LogP contribution is -2.50. The molecule has 0 N–H and O–H groups in total. The summed E-state index contributed by atoms with van der Waals surface area (Å²) in [7, 11) is -3.07. The van der Waals surface area contributed by atoms with Crippen LogP contribution >= 0.6 is 11.6 Å². The normalized spacial score (nSPS) is 21.4. The SMILES string of the molecule is O=S(=O)(C1CCCC1)N1CCN(CCCc2ccccc2Cl)CC1. The second-order valence-electron chi connectivity index (χ2n) is 6.89. The van der Waals surface area contributed by atoms with Crippen molar-refractivity contribution in [2.45, 2.75) is 43.8 Å². The van der Waals surface area contributed by atoms with Gasteiger partial charge in [0.05, 0.1) is 5.25 Å². The quantitative estimate of drug-likeness (QED) is 0.772. The molecule has 0 amide bonds. The summed E-state index contributed by atoms with van der Waals surface area (Å²) in [6, 6.07) is 7.99. The van der Waals surface area contributed by atoms with Crippen molar-refractivity contribution in [3.8, 4) is 0 Å². The Balaban J connectivity index is 1.43. The molecule has 1 aliphatic carbocycles. The first-order chi connectivity index (χ1) is 11.6. The molecule has 1 heterocycles. The zero-order valence-electron chi connectivity index (χ0n) is 14.2. The maximum atomic E-state index is 12.6. The molecule has 1 aromatic rings. The van der Waals surface area contributed by atoms with E-state index in [1.54, 1.807) is 4.31 Å². The van der Waals surface area contributed by atoms with E-state index in [1.165, 1.54) is 5.56 Å². The number of aryl methyl sites for hydroxylation is 1. The predicted molar refractivity (Wildman–Crippen MR) is 99.0 cm³/mol. The summed E-state index contributed by atoms with van der Waals surface area (Å²) in [6.07, 6.45) is 5.85. The molecule has 4 nitrogen and oxygen atoms in total. The Kier molecular flexibility index (Phi) is 6.19. The molecule has 3 rings (SSSR count). The lowest BCUT2D eigenvalue weighted by Gasteiger charge is -2.35. The summed E-state index contributed by atoms with van der Waals surface area (Å²) >= 11 is 6.19. The second-order valence-corrected chi connectivity index (χ2v) is 9.51. The molecule has 1 aromatic carbocycles. The van der Waals surface area contributed by atoms with Gasteiger partial charge in [0, 0.05) is 31.2 Å². The Morgan fingerprint density at radius 2 is 1.71 bits per heavy atom. The minimum Gasteiger partial charge on any atom is -0.301 e. The van der Waals surface area contributed by atoms with Gasteiger partial charge < -0.3 is 4.90 Å². The van der Waals surface area contributed by atoms with Crippen LogP contribution in [0, 0.1) is 0 Å². The summed E-state index contributed by atoms with van der Waals surface area (Å²) in [5.74, 6) is 0. The Morgan fingerprint density at radius 3 is 2.38 bits per heavy atom. The van der Waals surface area contributed by atoms with Crippen molar-refractivity contribution < 1.29 is 8.42 Å². The first-order valence-corrected chi connectivity index (χ1v) is 10.9. The molecular formula is C18H27ClN2O2S. The molecule has 0 aromatic heterocycles. The van der Waals surface area contributed by atoms with Crippen molar-refractivity contribution in [2.24, 2.45) is 0 Å². The van der Waals surface area contributed by atoms with Crippen LogP contribution in [0.1, 0.15) is 37.7 Å². The number of piperazine rings is 1. The van der Waals surface area contributed by atoms with E-state index in [9.17, 15) is 8.42 Å². The highest BCUT2D eigenvalue weighted by Crippen LogP contribution is 2.27. The highest BCUT2D eigenvalue weighted by molar-refractivity contribution is 7.89. The van der Waals surface area contributed by atoms with Crippen LogP contribution in [0.4, 0.5) is 0 Å². The van der Waals surface area contributed by atoms with E-state index in [0.717, 1.165) is 63.2 Å². The highest BCUT2D eigenvalue weighted by atomic mass is 35.5. The van der Waals surface area contributed by atoms with Gasteiger partial charge in [-0.25, -0.2) is 8.42 Å². The number of hydrogen-bond acceptors (Lipinski definition) is 3. The van der Waals surface area contributed by atoms with E-state index in [-0.39, 0.29) is 5.25 Å². The van der Waals surface area contributed by atoms with Gasteiger partial charge >= 0.3 is 0 Å². The smallest absolute Gasteiger partial charge is 0.217 e. The van der Waals surface area contributed by atoms with Crippen LogP contribution in [0.5, 0.6) is 0 Å². The second kappa shape index (κ2) is 8.17. The third-order valence-corrected chi connectivity index (χ3v) is 8.06. The minimum absolute atomic E-state index is 0.121. The summed E-state index contributed by atoms with van der Waals surface area (Å²) < 4.78 is 27.0. The Bertz CT molecular complexity index is 636. The van der Waals surface area contributed by atoms with Crippen LogP contribution in [0.2, 0.25) is 5.02 Å². The average Bonchev–Trinajstić information content (AvgIpc) is 3.12. The van der Waals surface area contributed by atoms with Gasteiger partial charge in [0.2, 0.25) is 10.0 Å². The van der Waals surface area contributed by atoms with Crippen LogP contribution in [0.15, 0.2) is 24.3 Å². The van der Waals surface area contributed by atoms with E-state index >= 15 is 0 Å². The van der Waals surface area contributed by atoms with Gasteiger partial charge in [0.15, 0.2) is 0 Å². The monoisotopic (exact) mass is 370 g/mol. The molecule has 0 spiro atoms. The van der Waals surface area contributed by atoms with Crippen molar-refractivity contribution >= 4 is 21.6 Å². The van der Waals surface area contributed by atoms with Crippen LogP contribution in [-0.4, -0.2) is 55.6 Å². The van der Waals surface area contributed by atoms with Gasteiger partial charge in [-0.05, 0) is 43.9 Å². The predicted octanol–water partition coefficient (Wildman–Crippen LogP) is 3.16. The number of benzene rings is 1.